The van der Waals surface area contributed by atoms with Crippen LogP contribution in [0, 0.1) is 0 Å². The van der Waals surface area contributed by atoms with Crippen molar-refractivity contribution in [2.24, 2.45) is 0 Å². The van der Waals surface area contributed by atoms with Crippen LogP contribution in [0.15, 0.2) is 146 Å². The Morgan fingerprint density at radius 1 is 0.301 bits per heavy atom. The summed E-state index contributed by atoms with van der Waals surface area (Å²) in [7, 11) is 0. The highest BCUT2D eigenvalue weighted by molar-refractivity contribution is 5.76. The number of hydrogen-bond donors (Lipinski definition) is 3. The number of nitrogens with one attached hydrogen (secondary N) is 1. The van der Waals surface area contributed by atoms with Crippen LogP contribution in [0.25, 0.3) is 0 Å². The van der Waals surface area contributed by atoms with Crippen LogP contribution in [0.2, 0.25) is 0 Å². The lowest BCUT2D eigenvalue weighted by molar-refractivity contribution is -0.123. The molecule has 2 atom stereocenters. The van der Waals surface area contributed by atoms with Gasteiger partial charge < -0.3 is 15.5 Å². The predicted octanol–water partition coefficient (Wildman–Crippen LogP) is 24.7. The van der Waals surface area contributed by atoms with Crippen LogP contribution in [0.1, 0.15) is 328 Å². The van der Waals surface area contributed by atoms with Gasteiger partial charge in [0, 0.05) is 6.42 Å². The minimum Gasteiger partial charge on any atom is -0.394 e. The van der Waals surface area contributed by atoms with E-state index in [1.165, 1.54) is 193 Å². The Hall–Kier alpha value is -3.73. The van der Waals surface area contributed by atoms with Crippen molar-refractivity contribution < 1.29 is 15.0 Å². The summed E-state index contributed by atoms with van der Waals surface area (Å²) in [6.45, 7) is 4.25. The number of hydrogen-bond acceptors (Lipinski definition) is 3. The van der Waals surface area contributed by atoms with E-state index in [2.05, 4.69) is 165 Å². The fraction of sp³-hybridized carbons (Fsp3) is 0.684. The Morgan fingerprint density at radius 2 is 0.530 bits per heavy atom. The molecule has 0 aromatic heterocycles. The highest BCUT2D eigenvalue weighted by Crippen LogP contribution is 2.18. The van der Waals surface area contributed by atoms with Crippen LogP contribution >= 0.6 is 0 Å². The molecule has 4 heteroatoms. The molecule has 0 radical (unpaired) electrons. The Morgan fingerprint density at radius 3 is 0.771 bits per heavy atom. The second-order valence-electron chi connectivity index (χ2n) is 23.6. The number of amides is 1. The number of aliphatic hydroxyl groups is 2. The van der Waals surface area contributed by atoms with Crippen molar-refractivity contribution >= 4 is 5.91 Å². The molecule has 4 nitrogen and oxygen atoms in total. The van der Waals surface area contributed by atoms with Crippen molar-refractivity contribution in [1.82, 2.24) is 5.32 Å². The molecule has 0 aliphatic carbocycles. The second kappa shape index (κ2) is 72.5. The fourth-order valence-electron chi connectivity index (χ4n) is 10.3. The van der Waals surface area contributed by atoms with Gasteiger partial charge in [0.1, 0.15) is 0 Å². The number of carbonyl (C=O) groups is 1. The van der Waals surface area contributed by atoms with Crippen LogP contribution in [-0.4, -0.2) is 34.9 Å². The third kappa shape index (κ3) is 68.9. The van der Waals surface area contributed by atoms with E-state index in [1.54, 1.807) is 0 Å². The zero-order valence-electron chi connectivity index (χ0n) is 54.7. The Balaban J connectivity index is 3.60. The largest absolute Gasteiger partial charge is 0.394 e. The lowest BCUT2D eigenvalue weighted by Gasteiger charge is -2.22. The summed E-state index contributed by atoms with van der Waals surface area (Å²) in [5.41, 5.74) is 0. The van der Waals surface area contributed by atoms with Gasteiger partial charge in [0.2, 0.25) is 5.91 Å². The number of aliphatic hydroxyl groups excluding tert-OH is 2. The minimum absolute atomic E-state index is 0.0752. The molecule has 83 heavy (non-hydrogen) atoms. The second-order valence-corrected chi connectivity index (χ2v) is 23.6. The molecular weight excluding hydrogens is 1010 g/mol. The highest BCUT2D eigenvalue weighted by atomic mass is 16.3. The van der Waals surface area contributed by atoms with Gasteiger partial charge in [-0.15, -0.1) is 0 Å². The summed E-state index contributed by atoms with van der Waals surface area (Å²) in [6, 6.07) is -0.573. The molecule has 0 aromatic rings. The smallest absolute Gasteiger partial charge is 0.220 e. The molecule has 2 unspecified atom stereocenters. The molecule has 3 N–H and O–H groups in total. The van der Waals surface area contributed by atoms with E-state index >= 15 is 0 Å². The van der Waals surface area contributed by atoms with E-state index in [4.69, 9.17) is 0 Å². The van der Waals surface area contributed by atoms with Gasteiger partial charge in [-0.3, -0.25) is 4.79 Å². The van der Waals surface area contributed by atoms with E-state index in [-0.39, 0.29) is 12.5 Å². The molecule has 0 heterocycles. The quantitative estimate of drug-likeness (QED) is 0.0420. The van der Waals surface area contributed by atoms with Gasteiger partial charge in [0.05, 0.1) is 18.8 Å². The molecule has 0 spiro atoms. The summed E-state index contributed by atoms with van der Waals surface area (Å²) in [4.78, 5) is 12.5. The molecule has 1 amide bonds. The van der Waals surface area contributed by atoms with Gasteiger partial charge >= 0.3 is 0 Å². The van der Waals surface area contributed by atoms with Crippen LogP contribution in [0.5, 0.6) is 0 Å². The van der Waals surface area contributed by atoms with Crippen LogP contribution in [0.4, 0.5) is 0 Å². The maximum atomic E-state index is 12.5. The van der Waals surface area contributed by atoms with E-state index in [0.29, 0.717) is 12.8 Å². The van der Waals surface area contributed by atoms with Crippen molar-refractivity contribution in [1.29, 1.82) is 0 Å². The number of carbonyl (C=O) groups excluding carboxylic acids is 1. The van der Waals surface area contributed by atoms with E-state index in [9.17, 15) is 15.0 Å². The average molecular weight is 1150 g/mol. The topological polar surface area (TPSA) is 69.6 Å². The Labute approximate surface area is 516 Å². The minimum atomic E-state index is -0.691. The molecular formula is C79H135NO3. The van der Waals surface area contributed by atoms with Crippen molar-refractivity contribution in [3.8, 4) is 0 Å². The molecule has 0 saturated heterocycles. The first-order valence-electron chi connectivity index (χ1n) is 35.5. The maximum absolute atomic E-state index is 12.5. The molecule has 0 aliphatic rings. The van der Waals surface area contributed by atoms with Gasteiger partial charge in [-0.25, -0.2) is 0 Å². The van der Waals surface area contributed by atoms with Crippen LogP contribution in [-0.2, 0) is 4.79 Å². The van der Waals surface area contributed by atoms with Crippen LogP contribution in [0.3, 0.4) is 0 Å². The Bertz CT molecular complexity index is 1680. The molecule has 0 aliphatic heterocycles. The van der Waals surface area contributed by atoms with Gasteiger partial charge in [0.15, 0.2) is 0 Å². The van der Waals surface area contributed by atoms with Crippen molar-refractivity contribution in [2.45, 2.75) is 341 Å². The lowest BCUT2D eigenvalue weighted by Crippen LogP contribution is -2.45. The lowest BCUT2D eigenvalue weighted by atomic mass is 10.0. The third-order valence-corrected chi connectivity index (χ3v) is 15.6. The molecule has 474 valence electrons. The molecule has 0 aromatic carbocycles. The molecule has 0 bridgehead atoms. The van der Waals surface area contributed by atoms with Gasteiger partial charge in [-0.1, -0.05) is 365 Å². The van der Waals surface area contributed by atoms with Gasteiger partial charge in [-0.2, -0.15) is 0 Å². The normalized spacial score (nSPS) is 13.6. The fourth-order valence-corrected chi connectivity index (χ4v) is 10.3. The monoisotopic (exact) mass is 1150 g/mol. The number of unbranched alkanes of at least 4 members (excludes halogenated alkanes) is 33. The molecule has 0 fully saturated rings. The summed E-state index contributed by atoms with van der Waals surface area (Å²) in [5, 5.41) is 23.4. The van der Waals surface area contributed by atoms with Crippen LogP contribution < -0.4 is 5.32 Å². The summed E-state index contributed by atoms with van der Waals surface area (Å²) in [6.07, 6.45) is 113. The number of allylic oxidation sites excluding steroid dienone is 24. The first-order valence-corrected chi connectivity index (χ1v) is 35.5. The van der Waals surface area contributed by atoms with Crippen molar-refractivity contribution in [2.75, 3.05) is 6.61 Å². The molecule has 0 saturated carbocycles. The summed E-state index contributed by atoms with van der Waals surface area (Å²) >= 11 is 0. The number of rotatable bonds is 64. The van der Waals surface area contributed by atoms with Crippen molar-refractivity contribution in [3.63, 3.8) is 0 Å². The zero-order chi connectivity index (χ0) is 59.8. The average Bonchev–Trinajstić information content (AvgIpc) is 3.51. The van der Waals surface area contributed by atoms with E-state index < -0.39 is 12.1 Å². The maximum Gasteiger partial charge on any atom is 0.220 e. The van der Waals surface area contributed by atoms with Crippen molar-refractivity contribution in [3.05, 3.63) is 146 Å². The standard InChI is InChI=1S/C79H135NO3/c1-3-5-7-9-11-13-15-17-19-21-23-25-27-29-31-33-35-37-38-39-40-41-42-43-45-47-49-51-53-55-57-59-61-63-65-67-69-71-73-75-79(83)80-77(76-81)78(82)74-72-70-68-66-64-62-60-58-56-54-52-50-48-46-44-36-34-32-30-28-26-24-22-20-18-16-14-12-10-8-6-4-2/h5,7,11,13,17,19,23,25,29,31,35,37,39-40,42-43,47,49,53,55,59,61,65,67,77-78,81-82H,3-4,6,8-10,12,14-16,18,20-22,24,26-28,30,32-34,36,38,41,44-46,48,50-52,54,56-58,60,62-64,66,68-76H2,1-2H3,(H,80,83)/b7-5-,13-11-,19-17-,25-23-,31-29-,37-35-,40-39-,43-42-,49-47-,55-53-,61-59-,67-65-. The van der Waals surface area contributed by atoms with E-state index in [1.807, 2.05) is 0 Å². The first-order chi connectivity index (χ1) is 41.2. The molecule has 0 rings (SSSR count). The summed E-state index contributed by atoms with van der Waals surface area (Å²) < 4.78 is 0. The predicted molar refractivity (Wildman–Crippen MR) is 372 cm³/mol. The zero-order valence-corrected chi connectivity index (χ0v) is 54.7. The van der Waals surface area contributed by atoms with Gasteiger partial charge in [-0.05, 0) is 103 Å². The SMILES string of the molecule is CC/C=C\C/C=C\C/C=C\C/C=C\C/C=C\C/C=C\C/C=C\C/C=C\C/C=C\C/C=C\C/C=C\C/C=C\CCCCC(=O)NC(CO)C(O)CCCCCCCCCCCCCCCCCCCCCCCCCCCCCCCCCC. The highest BCUT2D eigenvalue weighted by Gasteiger charge is 2.20. The van der Waals surface area contributed by atoms with Gasteiger partial charge in [0.25, 0.3) is 0 Å². The Kier molecular flexibility index (Phi) is 69.3. The first kappa shape index (κ1) is 79.3. The van der Waals surface area contributed by atoms with E-state index in [0.717, 1.165) is 109 Å². The third-order valence-electron chi connectivity index (χ3n) is 15.6. The summed E-state index contributed by atoms with van der Waals surface area (Å²) in [5.74, 6) is -0.0752.